The van der Waals surface area contributed by atoms with E-state index in [9.17, 15) is 4.79 Å². The minimum absolute atomic E-state index is 0.0550. The zero-order valence-electron chi connectivity index (χ0n) is 12.5. The first kappa shape index (κ1) is 18.1. The minimum atomic E-state index is -0.215. The summed E-state index contributed by atoms with van der Waals surface area (Å²) in [4.78, 5) is 16.3. The highest BCUT2D eigenvalue weighted by Crippen LogP contribution is 2.17. The van der Waals surface area contributed by atoms with Crippen LogP contribution >= 0.6 is 23.2 Å². The van der Waals surface area contributed by atoms with Crippen LogP contribution in [0.5, 0.6) is 0 Å². The highest BCUT2D eigenvalue weighted by molar-refractivity contribution is 6.34. The van der Waals surface area contributed by atoms with Gasteiger partial charge in [-0.25, -0.2) is 0 Å². The Hall–Kier alpha value is -0.950. The molecule has 8 heteroatoms. The van der Waals surface area contributed by atoms with Gasteiger partial charge in [-0.3, -0.25) is 4.79 Å². The number of methoxy groups -OCH3 is 1. The predicted octanol–water partition coefficient (Wildman–Crippen LogP) is 1.82. The number of carbonyl (C=O) groups excluding carboxylic acids is 1. The lowest BCUT2D eigenvalue weighted by atomic mass is 10.2. The molecule has 0 aromatic carbocycles. The van der Waals surface area contributed by atoms with E-state index in [1.165, 1.54) is 6.07 Å². The van der Waals surface area contributed by atoms with Crippen molar-refractivity contribution >= 4 is 29.1 Å². The van der Waals surface area contributed by atoms with Gasteiger partial charge in [0.05, 0.1) is 12.2 Å². The molecule has 0 spiro atoms. The number of rotatable bonds is 8. The van der Waals surface area contributed by atoms with Gasteiger partial charge in [0.1, 0.15) is 0 Å². The van der Waals surface area contributed by atoms with Gasteiger partial charge < -0.3 is 14.5 Å². The first-order valence-corrected chi connectivity index (χ1v) is 7.33. The molecule has 1 rings (SSSR count). The number of halogens is 2. The summed E-state index contributed by atoms with van der Waals surface area (Å²) in [6.45, 7) is 2.44. The van der Waals surface area contributed by atoms with Crippen LogP contribution in [0.4, 0.5) is 0 Å². The molecule has 0 unspecified atom stereocenters. The summed E-state index contributed by atoms with van der Waals surface area (Å²) >= 11 is 11.7. The van der Waals surface area contributed by atoms with E-state index < -0.39 is 0 Å². The Morgan fingerprint density at radius 1 is 1.24 bits per heavy atom. The van der Waals surface area contributed by atoms with E-state index in [-0.39, 0.29) is 21.8 Å². The van der Waals surface area contributed by atoms with Gasteiger partial charge in [-0.2, -0.15) is 0 Å². The van der Waals surface area contributed by atoms with Crippen LogP contribution in [0, 0.1) is 0 Å². The molecule has 0 aliphatic carbocycles. The van der Waals surface area contributed by atoms with Crippen molar-refractivity contribution in [1.29, 1.82) is 0 Å². The third kappa shape index (κ3) is 6.13. The molecule has 6 nitrogen and oxygen atoms in total. The molecule has 0 aliphatic heterocycles. The van der Waals surface area contributed by atoms with E-state index in [2.05, 4.69) is 15.1 Å². The zero-order valence-corrected chi connectivity index (χ0v) is 14.0. The molecule has 0 bridgehead atoms. The minimum Gasteiger partial charge on any atom is -0.383 e. The normalized spacial score (nSPS) is 11.0. The van der Waals surface area contributed by atoms with Gasteiger partial charge in [-0.1, -0.05) is 23.2 Å². The molecule has 1 amide bonds. The molecule has 1 aromatic rings. The number of amides is 1. The molecule has 0 atom stereocenters. The number of hydrogen-bond donors (Lipinski definition) is 0. The first-order valence-electron chi connectivity index (χ1n) is 6.57. The van der Waals surface area contributed by atoms with Crippen molar-refractivity contribution in [1.82, 2.24) is 20.0 Å². The van der Waals surface area contributed by atoms with Gasteiger partial charge in [0.25, 0.3) is 5.91 Å². The van der Waals surface area contributed by atoms with Crippen LogP contribution in [0.2, 0.25) is 10.3 Å². The van der Waals surface area contributed by atoms with E-state index in [4.69, 9.17) is 27.9 Å². The standard InChI is InChI=1S/C13H20Cl2N4O2/c1-18(2)5-4-6-19(7-8-21-3)13(20)10-9-11(14)16-17-12(10)15/h9H,4-8H2,1-3H3. The van der Waals surface area contributed by atoms with Crippen LogP contribution in [-0.2, 0) is 4.74 Å². The fourth-order valence-corrected chi connectivity index (χ4v) is 2.09. The Bertz CT molecular complexity index is 471. The van der Waals surface area contributed by atoms with Crippen molar-refractivity contribution in [3.05, 3.63) is 21.9 Å². The quantitative estimate of drug-likeness (QED) is 0.725. The van der Waals surface area contributed by atoms with Crippen LogP contribution < -0.4 is 0 Å². The smallest absolute Gasteiger partial charge is 0.257 e. The second kappa shape index (κ2) is 9.15. The average Bonchev–Trinajstić information content (AvgIpc) is 2.44. The Kier molecular flexibility index (Phi) is 7.88. The van der Waals surface area contributed by atoms with Crippen molar-refractivity contribution in [2.45, 2.75) is 6.42 Å². The number of nitrogens with zero attached hydrogens (tertiary/aromatic N) is 4. The summed E-state index contributed by atoms with van der Waals surface area (Å²) in [5, 5.41) is 7.47. The fourth-order valence-electron chi connectivity index (χ4n) is 1.77. The molecule has 0 N–H and O–H groups in total. The summed E-state index contributed by atoms with van der Waals surface area (Å²) < 4.78 is 5.05. The fraction of sp³-hybridized carbons (Fsp3) is 0.615. The first-order chi connectivity index (χ1) is 9.95. The number of ether oxygens (including phenoxy) is 1. The summed E-state index contributed by atoms with van der Waals surface area (Å²) in [5.41, 5.74) is 0.262. The van der Waals surface area contributed by atoms with Crippen molar-refractivity contribution in [2.75, 3.05) is 47.4 Å². The number of aromatic nitrogens is 2. The van der Waals surface area contributed by atoms with E-state index >= 15 is 0 Å². The molecule has 118 valence electrons. The van der Waals surface area contributed by atoms with E-state index in [0.29, 0.717) is 19.7 Å². The van der Waals surface area contributed by atoms with E-state index in [1.807, 2.05) is 14.1 Å². The van der Waals surface area contributed by atoms with Gasteiger partial charge in [0, 0.05) is 20.2 Å². The zero-order chi connectivity index (χ0) is 15.8. The van der Waals surface area contributed by atoms with Crippen molar-refractivity contribution in [3.63, 3.8) is 0 Å². The second-order valence-electron chi connectivity index (χ2n) is 4.81. The SMILES string of the molecule is COCCN(CCCN(C)C)C(=O)c1cc(Cl)nnc1Cl. The summed E-state index contributed by atoms with van der Waals surface area (Å²) in [5.74, 6) is -0.215. The lowest BCUT2D eigenvalue weighted by Crippen LogP contribution is -2.36. The maximum Gasteiger partial charge on any atom is 0.257 e. The Morgan fingerprint density at radius 3 is 2.57 bits per heavy atom. The number of carbonyl (C=O) groups is 1. The van der Waals surface area contributed by atoms with Crippen LogP contribution in [0.15, 0.2) is 6.07 Å². The van der Waals surface area contributed by atoms with Gasteiger partial charge in [-0.15, -0.1) is 10.2 Å². The van der Waals surface area contributed by atoms with Crippen LogP contribution in [0.3, 0.4) is 0 Å². The van der Waals surface area contributed by atoms with Crippen molar-refractivity contribution in [3.8, 4) is 0 Å². The van der Waals surface area contributed by atoms with Crippen molar-refractivity contribution in [2.24, 2.45) is 0 Å². The molecule has 0 radical (unpaired) electrons. The van der Waals surface area contributed by atoms with Gasteiger partial charge in [0.2, 0.25) is 0 Å². The summed E-state index contributed by atoms with van der Waals surface area (Å²) in [7, 11) is 5.58. The highest BCUT2D eigenvalue weighted by Gasteiger charge is 2.20. The summed E-state index contributed by atoms with van der Waals surface area (Å²) in [6, 6.07) is 1.44. The van der Waals surface area contributed by atoms with E-state index in [1.54, 1.807) is 12.0 Å². The van der Waals surface area contributed by atoms with Crippen LogP contribution in [-0.4, -0.2) is 73.4 Å². The third-order valence-electron chi connectivity index (χ3n) is 2.84. The van der Waals surface area contributed by atoms with Gasteiger partial charge in [0.15, 0.2) is 10.3 Å². The Labute approximate surface area is 135 Å². The Balaban J connectivity index is 2.80. The number of hydrogen-bond acceptors (Lipinski definition) is 5. The van der Waals surface area contributed by atoms with Crippen molar-refractivity contribution < 1.29 is 9.53 Å². The molecule has 21 heavy (non-hydrogen) atoms. The van der Waals surface area contributed by atoms with E-state index in [0.717, 1.165) is 13.0 Å². The lowest BCUT2D eigenvalue weighted by molar-refractivity contribution is 0.0689. The van der Waals surface area contributed by atoms with Crippen LogP contribution in [0.25, 0.3) is 0 Å². The van der Waals surface area contributed by atoms with Gasteiger partial charge >= 0.3 is 0 Å². The molecular weight excluding hydrogens is 315 g/mol. The molecule has 0 fully saturated rings. The maximum absolute atomic E-state index is 12.5. The Morgan fingerprint density at radius 2 is 1.95 bits per heavy atom. The molecule has 0 aliphatic rings. The molecule has 0 saturated carbocycles. The summed E-state index contributed by atoms with van der Waals surface area (Å²) in [6.07, 6.45) is 0.853. The molecule has 0 saturated heterocycles. The molecule has 1 aromatic heterocycles. The highest BCUT2D eigenvalue weighted by atomic mass is 35.5. The second-order valence-corrected chi connectivity index (χ2v) is 5.56. The molecule has 1 heterocycles. The average molecular weight is 335 g/mol. The third-order valence-corrected chi connectivity index (χ3v) is 3.30. The topological polar surface area (TPSA) is 58.6 Å². The van der Waals surface area contributed by atoms with Gasteiger partial charge in [-0.05, 0) is 33.1 Å². The van der Waals surface area contributed by atoms with Crippen LogP contribution in [0.1, 0.15) is 16.8 Å². The lowest BCUT2D eigenvalue weighted by Gasteiger charge is -2.23. The largest absolute Gasteiger partial charge is 0.383 e. The predicted molar refractivity (Wildman–Crippen MR) is 83.0 cm³/mol. The maximum atomic E-state index is 12.5. The molecular formula is C13H20Cl2N4O2. The monoisotopic (exact) mass is 334 g/mol.